The fourth-order valence-electron chi connectivity index (χ4n) is 4.64. The lowest BCUT2D eigenvalue weighted by Crippen LogP contribution is -2.29. The molecule has 1 aromatic carbocycles. The van der Waals surface area contributed by atoms with Gasteiger partial charge in [0.1, 0.15) is 5.75 Å². The van der Waals surface area contributed by atoms with Crippen LogP contribution in [0.5, 0.6) is 5.75 Å². The molecule has 0 radical (unpaired) electrons. The molecule has 4 heterocycles. The number of anilines is 1. The number of aromatic nitrogens is 3. The van der Waals surface area contributed by atoms with E-state index in [1.54, 1.807) is 12.3 Å². The average molecular weight is 456 g/mol. The van der Waals surface area contributed by atoms with Gasteiger partial charge in [0.25, 0.3) is 0 Å². The molecule has 2 N–H and O–H groups in total. The van der Waals surface area contributed by atoms with Crippen molar-refractivity contribution in [3.63, 3.8) is 0 Å². The summed E-state index contributed by atoms with van der Waals surface area (Å²) < 4.78 is 2.31. The van der Waals surface area contributed by atoms with Gasteiger partial charge in [-0.1, -0.05) is 18.2 Å². The summed E-state index contributed by atoms with van der Waals surface area (Å²) in [6.07, 6.45) is 5.44. The van der Waals surface area contributed by atoms with Gasteiger partial charge < -0.3 is 19.9 Å². The molecule has 0 spiro atoms. The second kappa shape index (κ2) is 8.67. The molecule has 0 amide bonds. The van der Waals surface area contributed by atoms with E-state index in [-0.39, 0.29) is 17.8 Å². The van der Waals surface area contributed by atoms with Crippen molar-refractivity contribution in [1.82, 2.24) is 19.9 Å². The van der Waals surface area contributed by atoms with Crippen LogP contribution in [0.1, 0.15) is 40.3 Å². The number of aromatic hydroxyl groups is 1. The second-order valence-corrected chi connectivity index (χ2v) is 8.64. The molecule has 1 saturated heterocycles. The number of nitrogens with one attached hydrogen (secondary N) is 1. The van der Waals surface area contributed by atoms with E-state index in [4.69, 9.17) is 12.2 Å². The van der Waals surface area contributed by atoms with Crippen LogP contribution in [0.4, 0.5) is 5.69 Å². The number of nitrogens with zero attached hydrogens (tertiary/aromatic N) is 4. The average Bonchev–Trinajstić information content (AvgIpc) is 3.31. The van der Waals surface area contributed by atoms with Gasteiger partial charge in [0, 0.05) is 36.5 Å². The Hall–Kier alpha value is -3.71. The number of aryl methyl sites for hydroxylation is 1. The monoisotopic (exact) mass is 455 g/mol. The number of para-hydroxylation sites is 2. The number of benzene rings is 1. The smallest absolute Gasteiger partial charge is 0.174 e. The van der Waals surface area contributed by atoms with Gasteiger partial charge in [-0.05, 0) is 79.7 Å². The molecule has 5 rings (SSSR count). The fourth-order valence-corrected chi connectivity index (χ4v) is 4.98. The first kappa shape index (κ1) is 21.2. The van der Waals surface area contributed by atoms with Gasteiger partial charge in [-0.15, -0.1) is 0 Å². The SMILES string of the molecule is Cc1cc([C@H]2[C@H](c3ccccn3)NC(=S)N2c2ccccc2O)c(C)n1Cc1ccncc1. The number of thiocarbonyl (C=S) groups is 1. The van der Waals surface area contributed by atoms with Crippen LogP contribution in [-0.4, -0.2) is 24.8 Å². The van der Waals surface area contributed by atoms with E-state index in [9.17, 15) is 5.11 Å². The van der Waals surface area contributed by atoms with Gasteiger partial charge in [-0.2, -0.15) is 0 Å². The van der Waals surface area contributed by atoms with Gasteiger partial charge in [-0.25, -0.2) is 0 Å². The highest BCUT2D eigenvalue weighted by Gasteiger charge is 2.42. The predicted octanol–water partition coefficient (Wildman–Crippen LogP) is 4.83. The topological polar surface area (TPSA) is 66.2 Å². The lowest BCUT2D eigenvalue weighted by Gasteiger charge is -2.28. The van der Waals surface area contributed by atoms with E-state index in [1.165, 1.54) is 5.56 Å². The van der Waals surface area contributed by atoms with Gasteiger partial charge in [0.05, 0.1) is 23.5 Å². The molecule has 4 aromatic rings. The van der Waals surface area contributed by atoms with Gasteiger partial charge in [0.15, 0.2) is 5.11 Å². The summed E-state index contributed by atoms with van der Waals surface area (Å²) in [7, 11) is 0. The molecule has 0 saturated carbocycles. The maximum Gasteiger partial charge on any atom is 0.174 e. The van der Waals surface area contributed by atoms with Crippen molar-refractivity contribution in [2.24, 2.45) is 0 Å². The summed E-state index contributed by atoms with van der Waals surface area (Å²) in [6, 6.07) is 19.2. The summed E-state index contributed by atoms with van der Waals surface area (Å²) in [5.74, 6) is 0.193. The molecule has 0 aliphatic carbocycles. The number of phenols is 1. The van der Waals surface area contributed by atoms with Gasteiger partial charge in [-0.3, -0.25) is 9.97 Å². The van der Waals surface area contributed by atoms with E-state index in [0.29, 0.717) is 10.8 Å². The Morgan fingerprint density at radius 1 is 1.00 bits per heavy atom. The van der Waals surface area contributed by atoms with Gasteiger partial charge >= 0.3 is 0 Å². The van der Waals surface area contributed by atoms with Crippen molar-refractivity contribution >= 4 is 23.0 Å². The van der Waals surface area contributed by atoms with Crippen LogP contribution in [0, 0.1) is 13.8 Å². The zero-order valence-corrected chi connectivity index (χ0v) is 19.3. The Balaban J connectivity index is 1.64. The quantitative estimate of drug-likeness (QED) is 0.421. The van der Waals surface area contributed by atoms with Crippen LogP contribution in [0.25, 0.3) is 0 Å². The number of phenolic OH excluding ortho intramolecular Hbond substituents is 1. The molecule has 0 unspecified atom stereocenters. The van der Waals surface area contributed by atoms with Crippen LogP contribution in [0.15, 0.2) is 79.3 Å². The first-order chi connectivity index (χ1) is 16.0. The molecule has 2 atom stereocenters. The minimum absolute atomic E-state index is 0.159. The van der Waals surface area contributed by atoms with Crippen molar-refractivity contribution in [3.05, 3.63) is 107 Å². The molecule has 1 aliphatic heterocycles. The molecule has 1 aliphatic rings. The van der Waals surface area contributed by atoms with Crippen molar-refractivity contribution < 1.29 is 5.11 Å². The molecule has 6 nitrogen and oxygen atoms in total. The number of pyridine rings is 2. The lowest BCUT2D eigenvalue weighted by atomic mass is 9.96. The number of hydrogen-bond acceptors (Lipinski definition) is 4. The number of hydrogen-bond donors (Lipinski definition) is 2. The Morgan fingerprint density at radius 2 is 1.76 bits per heavy atom. The van der Waals surface area contributed by atoms with Crippen molar-refractivity contribution in [2.45, 2.75) is 32.5 Å². The molecule has 3 aromatic heterocycles. The zero-order valence-electron chi connectivity index (χ0n) is 18.5. The molecule has 33 heavy (non-hydrogen) atoms. The molecule has 1 fully saturated rings. The normalized spacial score (nSPS) is 17.9. The Bertz CT molecular complexity index is 1290. The predicted molar refractivity (Wildman–Crippen MR) is 133 cm³/mol. The van der Waals surface area contributed by atoms with E-state index < -0.39 is 0 Å². The zero-order chi connectivity index (χ0) is 22.9. The van der Waals surface area contributed by atoms with E-state index >= 15 is 0 Å². The van der Waals surface area contributed by atoms with Crippen LogP contribution in [0.3, 0.4) is 0 Å². The van der Waals surface area contributed by atoms with E-state index in [1.807, 2.05) is 65.8 Å². The highest BCUT2D eigenvalue weighted by molar-refractivity contribution is 7.80. The van der Waals surface area contributed by atoms with Crippen LogP contribution >= 0.6 is 12.2 Å². The van der Waals surface area contributed by atoms with Crippen molar-refractivity contribution in [2.75, 3.05) is 4.90 Å². The van der Waals surface area contributed by atoms with Crippen LogP contribution in [0.2, 0.25) is 0 Å². The Kier molecular flexibility index (Phi) is 5.56. The largest absolute Gasteiger partial charge is 0.506 e. The Morgan fingerprint density at radius 3 is 2.48 bits per heavy atom. The summed E-state index contributed by atoms with van der Waals surface area (Å²) in [6.45, 7) is 5.03. The summed E-state index contributed by atoms with van der Waals surface area (Å²) in [5.41, 5.74) is 6.24. The molecule has 166 valence electrons. The third kappa shape index (κ3) is 3.85. The molecule has 0 bridgehead atoms. The van der Waals surface area contributed by atoms with E-state index in [2.05, 4.69) is 39.8 Å². The first-order valence-electron chi connectivity index (χ1n) is 10.9. The summed E-state index contributed by atoms with van der Waals surface area (Å²) in [5, 5.41) is 14.7. The highest BCUT2D eigenvalue weighted by atomic mass is 32.1. The third-order valence-corrected chi connectivity index (χ3v) is 6.58. The van der Waals surface area contributed by atoms with Crippen LogP contribution < -0.4 is 10.2 Å². The standard InChI is InChI=1S/C26H25N5OS/c1-17-15-20(18(2)30(17)16-19-10-13-27-14-11-19)25-24(21-7-5-6-12-28-21)29-26(33)31(25)22-8-3-4-9-23(22)32/h3-15,24-25,32H,16H2,1-2H3,(H,29,33)/t24-,25-/m0/s1. The molecular weight excluding hydrogens is 430 g/mol. The minimum Gasteiger partial charge on any atom is -0.506 e. The highest BCUT2D eigenvalue weighted by Crippen LogP contribution is 2.45. The van der Waals surface area contributed by atoms with E-state index in [0.717, 1.165) is 29.2 Å². The second-order valence-electron chi connectivity index (χ2n) is 8.25. The maximum absolute atomic E-state index is 10.7. The van der Waals surface area contributed by atoms with Gasteiger partial charge in [0.2, 0.25) is 0 Å². The van der Waals surface area contributed by atoms with Crippen molar-refractivity contribution in [1.29, 1.82) is 0 Å². The third-order valence-electron chi connectivity index (χ3n) is 6.26. The molecule has 7 heteroatoms. The summed E-state index contributed by atoms with van der Waals surface area (Å²) >= 11 is 5.79. The number of rotatable bonds is 5. The van der Waals surface area contributed by atoms with Crippen molar-refractivity contribution in [3.8, 4) is 5.75 Å². The first-order valence-corrected chi connectivity index (χ1v) is 11.3. The summed E-state index contributed by atoms with van der Waals surface area (Å²) in [4.78, 5) is 10.8. The maximum atomic E-state index is 10.7. The fraction of sp³-hybridized carbons (Fsp3) is 0.192. The lowest BCUT2D eigenvalue weighted by molar-refractivity contribution is 0.472. The Labute approximate surface area is 198 Å². The minimum atomic E-state index is -0.168. The van der Waals surface area contributed by atoms with Crippen LogP contribution in [-0.2, 0) is 6.54 Å². The molecular formula is C26H25N5OS.